The van der Waals surface area contributed by atoms with Gasteiger partial charge in [-0.15, -0.1) is 0 Å². The summed E-state index contributed by atoms with van der Waals surface area (Å²) in [6, 6.07) is 0. The zero-order valence-electron chi connectivity index (χ0n) is 14.8. The van der Waals surface area contributed by atoms with Crippen LogP contribution in [0, 0.1) is 0 Å². The van der Waals surface area contributed by atoms with Crippen LogP contribution in [-0.2, 0) is 28.5 Å². The van der Waals surface area contributed by atoms with Crippen molar-refractivity contribution in [2.45, 2.75) is 95.5 Å². The van der Waals surface area contributed by atoms with Crippen LogP contribution in [0.15, 0.2) is 0 Å². The highest BCUT2D eigenvalue weighted by atomic mass is 16.8. The molecule has 3 aliphatic rings. The summed E-state index contributed by atoms with van der Waals surface area (Å²) in [5.74, 6) is -1.93. The third kappa shape index (κ3) is 2.76. The molecule has 138 valence electrons. The van der Waals surface area contributed by atoms with Crippen LogP contribution in [0.5, 0.6) is 0 Å². The molecule has 0 aromatic rings. The molecule has 1 N–H and O–H groups in total. The number of esters is 1. The summed E-state index contributed by atoms with van der Waals surface area (Å²) in [4.78, 5) is 12.1. The Morgan fingerprint density at radius 1 is 1.04 bits per heavy atom. The van der Waals surface area contributed by atoms with E-state index in [0.29, 0.717) is 25.7 Å². The number of ether oxygens (including phenoxy) is 5. The predicted molar refractivity (Wildman–Crippen MR) is 83.1 cm³/mol. The Hall–Kier alpha value is -0.730. The van der Waals surface area contributed by atoms with Gasteiger partial charge < -0.3 is 28.8 Å². The van der Waals surface area contributed by atoms with E-state index in [1.54, 1.807) is 0 Å². The van der Waals surface area contributed by atoms with Crippen molar-refractivity contribution in [3.05, 3.63) is 0 Å². The van der Waals surface area contributed by atoms with Crippen molar-refractivity contribution in [1.82, 2.24) is 0 Å². The lowest BCUT2D eigenvalue weighted by Gasteiger charge is -2.30. The molecule has 0 aromatic carbocycles. The van der Waals surface area contributed by atoms with Crippen molar-refractivity contribution in [2.75, 3.05) is 6.61 Å². The van der Waals surface area contributed by atoms with E-state index in [1.807, 2.05) is 27.7 Å². The smallest absolute Gasteiger partial charge is 0.338 e. The molecule has 3 fully saturated rings. The van der Waals surface area contributed by atoms with Crippen LogP contribution in [0.4, 0.5) is 0 Å². The highest BCUT2D eigenvalue weighted by Gasteiger charge is 2.61. The van der Waals surface area contributed by atoms with E-state index in [1.165, 1.54) is 0 Å². The van der Waals surface area contributed by atoms with Gasteiger partial charge in [0.2, 0.25) is 0 Å². The molecule has 3 heterocycles. The second-order valence-corrected chi connectivity index (χ2v) is 6.72. The molecule has 0 radical (unpaired) electrons. The molecule has 7 heteroatoms. The van der Waals surface area contributed by atoms with Gasteiger partial charge in [-0.25, -0.2) is 4.79 Å². The predicted octanol–water partition coefficient (Wildman–Crippen LogP) is 1.50. The van der Waals surface area contributed by atoms with Gasteiger partial charge in [-0.2, -0.15) is 0 Å². The molecular weight excluding hydrogens is 316 g/mol. The lowest BCUT2D eigenvalue weighted by molar-refractivity contribution is -0.221. The minimum atomic E-state index is -1.02. The number of fused-ring (bicyclic) bond motifs is 1. The molecule has 0 spiro atoms. The van der Waals surface area contributed by atoms with Gasteiger partial charge in [0.15, 0.2) is 23.8 Å². The minimum absolute atomic E-state index is 0.266. The number of hydrogen-bond acceptors (Lipinski definition) is 7. The third-order valence-corrected chi connectivity index (χ3v) is 5.55. The normalized spacial score (nSPS) is 38.1. The van der Waals surface area contributed by atoms with E-state index in [0.717, 1.165) is 0 Å². The highest BCUT2D eigenvalue weighted by Crippen LogP contribution is 2.42. The first kappa shape index (κ1) is 18.1. The zero-order chi connectivity index (χ0) is 17.5. The van der Waals surface area contributed by atoms with Crippen LogP contribution in [0.25, 0.3) is 0 Å². The molecule has 2 unspecified atom stereocenters. The summed E-state index contributed by atoms with van der Waals surface area (Å²) in [6.45, 7) is 8.13. The molecular formula is C17H28O7. The highest BCUT2D eigenvalue weighted by molar-refractivity contribution is 5.78. The van der Waals surface area contributed by atoms with Gasteiger partial charge in [-0.3, -0.25) is 0 Å². The molecule has 7 nitrogen and oxygen atoms in total. The second kappa shape index (κ2) is 6.53. The van der Waals surface area contributed by atoms with E-state index in [9.17, 15) is 9.90 Å². The van der Waals surface area contributed by atoms with Crippen molar-refractivity contribution in [3.63, 3.8) is 0 Å². The number of hydrogen-bond donors (Lipinski definition) is 1. The fourth-order valence-electron chi connectivity index (χ4n) is 3.75. The van der Waals surface area contributed by atoms with Crippen molar-refractivity contribution < 1.29 is 33.6 Å². The molecule has 0 aliphatic carbocycles. The first-order valence-corrected chi connectivity index (χ1v) is 8.99. The van der Waals surface area contributed by atoms with E-state index in [4.69, 9.17) is 23.7 Å². The molecule has 3 aliphatic heterocycles. The van der Waals surface area contributed by atoms with Gasteiger partial charge in [0, 0.05) is 0 Å². The van der Waals surface area contributed by atoms with Gasteiger partial charge in [-0.1, -0.05) is 27.7 Å². The Balaban J connectivity index is 1.72. The zero-order valence-corrected chi connectivity index (χ0v) is 14.8. The average Bonchev–Trinajstić information content (AvgIpc) is 3.28. The van der Waals surface area contributed by atoms with Crippen LogP contribution in [0.3, 0.4) is 0 Å². The Morgan fingerprint density at radius 2 is 1.67 bits per heavy atom. The molecule has 24 heavy (non-hydrogen) atoms. The van der Waals surface area contributed by atoms with Crippen LogP contribution >= 0.6 is 0 Å². The Labute approximate surface area is 142 Å². The van der Waals surface area contributed by atoms with Gasteiger partial charge in [-0.05, 0) is 25.7 Å². The monoisotopic (exact) mass is 344 g/mol. The van der Waals surface area contributed by atoms with Crippen molar-refractivity contribution in [1.29, 1.82) is 0 Å². The Kier molecular flexibility index (Phi) is 4.92. The van der Waals surface area contributed by atoms with Crippen molar-refractivity contribution in [2.24, 2.45) is 0 Å². The summed E-state index contributed by atoms with van der Waals surface area (Å²) in [6.07, 6.45) is -1.13. The molecule has 3 saturated heterocycles. The lowest BCUT2D eigenvalue weighted by Crippen LogP contribution is -2.46. The summed E-state index contributed by atoms with van der Waals surface area (Å²) >= 11 is 0. The third-order valence-electron chi connectivity index (χ3n) is 5.55. The van der Waals surface area contributed by atoms with Gasteiger partial charge in [0.25, 0.3) is 0 Å². The number of carbonyl (C=O) groups is 1. The first-order chi connectivity index (χ1) is 11.4. The lowest BCUT2D eigenvalue weighted by atomic mass is 10.0. The van der Waals surface area contributed by atoms with Crippen LogP contribution in [0.1, 0.15) is 53.4 Å². The molecule has 3 rings (SSSR count). The van der Waals surface area contributed by atoms with E-state index < -0.39 is 48.1 Å². The van der Waals surface area contributed by atoms with Gasteiger partial charge >= 0.3 is 5.97 Å². The fraction of sp³-hybridized carbons (Fsp3) is 0.941. The number of carbonyl (C=O) groups excluding carboxylic acids is 1. The molecule has 0 saturated carbocycles. The summed E-state index contributed by atoms with van der Waals surface area (Å²) in [5, 5.41) is 10.7. The quantitative estimate of drug-likeness (QED) is 0.731. The maximum atomic E-state index is 12.1. The molecule has 5 atom stereocenters. The largest absolute Gasteiger partial charge is 0.455 e. The SMILES string of the molecule is CCC1(CC)OCC(C(O)[C@@H]2OC(=O)[C@@H]3OC(CC)(CC)O[C@@H]32)O1. The van der Waals surface area contributed by atoms with E-state index in [2.05, 4.69) is 0 Å². The molecule has 0 amide bonds. The second-order valence-electron chi connectivity index (χ2n) is 6.72. The van der Waals surface area contributed by atoms with Gasteiger partial charge in [0.05, 0.1) is 6.61 Å². The van der Waals surface area contributed by atoms with Crippen molar-refractivity contribution >= 4 is 5.97 Å². The van der Waals surface area contributed by atoms with E-state index in [-0.39, 0.29) is 6.61 Å². The fourth-order valence-corrected chi connectivity index (χ4v) is 3.75. The summed E-state index contributed by atoms with van der Waals surface area (Å²) in [7, 11) is 0. The van der Waals surface area contributed by atoms with E-state index >= 15 is 0 Å². The maximum Gasteiger partial charge on any atom is 0.338 e. The van der Waals surface area contributed by atoms with Crippen LogP contribution in [0.2, 0.25) is 0 Å². The first-order valence-electron chi connectivity index (χ1n) is 8.99. The number of rotatable bonds is 6. The van der Waals surface area contributed by atoms with Crippen molar-refractivity contribution in [3.8, 4) is 0 Å². The summed E-state index contributed by atoms with van der Waals surface area (Å²) in [5.41, 5.74) is 0. The topological polar surface area (TPSA) is 83.5 Å². The Morgan fingerprint density at radius 3 is 2.21 bits per heavy atom. The number of aliphatic hydroxyl groups excluding tert-OH is 1. The van der Waals surface area contributed by atoms with Crippen LogP contribution < -0.4 is 0 Å². The standard InChI is InChI=1S/C17H28O7/c1-5-16(6-2)20-9-10(22-16)11(18)12-13-14(15(19)21-12)24-17(7-3,8-4)23-13/h10-14,18H,5-9H2,1-4H3/t10?,11?,12-,13+,14+/m0/s1. The Bertz CT molecular complexity index is 472. The molecule has 0 bridgehead atoms. The number of aliphatic hydroxyl groups is 1. The number of cyclic esters (lactones) is 1. The maximum absolute atomic E-state index is 12.1. The van der Waals surface area contributed by atoms with Gasteiger partial charge in [0.1, 0.15) is 18.3 Å². The minimum Gasteiger partial charge on any atom is -0.455 e. The average molecular weight is 344 g/mol. The van der Waals surface area contributed by atoms with Crippen LogP contribution in [-0.4, -0.2) is 59.8 Å². The molecule has 0 aromatic heterocycles. The summed E-state index contributed by atoms with van der Waals surface area (Å²) < 4.78 is 28.9.